The lowest BCUT2D eigenvalue weighted by atomic mass is 10.1. The molecule has 1 N–H and O–H groups in total. The molecule has 0 saturated heterocycles. The molecule has 0 radical (unpaired) electrons. The number of ether oxygens (including phenoxy) is 2. The Balaban J connectivity index is 1.49. The van der Waals surface area contributed by atoms with Crippen molar-refractivity contribution in [3.8, 4) is 5.75 Å². The Labute approximate surface area is 194 Å². The zero-order valence-corrected chi connectivity index (χ0v) is 19.4. The van der Waals surface area contributed by atoms with Crippen LogP contribution in [-0.4, -0.2) is 11.1 Å². The molecule has 0 spiro atoms. The van der Waals surface area contributed by atoms with E-state index in [0.717, 1.165) is 44.1 Å². The van der Waals surface area contributed by atoms with Gasteiger partial charge in [0, 0.05) is 12.0 Å². The second kappa shape index (κ2) is 16.1. The van der Waals surface area contributed by atoms with Gasteiger partial charge in [-0.15, -0.1) is 0 Å². The van der Waals surface area contributed by atoms with E-state index in [-0.39, 0.29) is 0 Å². The molecule has 1 aliphatic rings. The summed E-state index contributed by atoms with van der Waals surface area (Å²) >= 11 is 0. The van der Waals surface area contributed by atoms with Crippen molar-refractivity contribution >= 4 is 0 Å². The van der Waals surface area contributed by atoms with Crippen LogP contribution in [-0.2, 0) is 11.3 Å². The van der Waals surface area contributed by atoms with E-state index in [9.17, 15) is 5.11 Å². The molecule has 0 bridgehead atoms. The molecule has 2 rings (SSSR count). The van der Waals surface area contributed by atoms with Crippen molar-refractivity contribution in [1.82, 2.24) is 0 Å². The van der Waals surface area contributed by atoms with Crippen LogP contribution in [0.1, 0.15) is 63.9 Å². The molecule has 1 aromatic carbocycles. The molecular weight excluding hydrogens is 396 g/mol. The molecule has 1 heterocycles. The molecular formula is C29H38O3. The Kier molecular flexibility index (Phi) is 12.9. The van der Waals surface area contributed by atoms with Gasteiger partial charge in [0.25, 0.3) is 0 Å². The van der Waals surface area contributed by atoms with E-state index in [0.29, 0.717) is 25.2 Å². The molecule has 172 valence electrons. The number of hydrogen-bond acceptors (Lipinski definition) is 3. The normalized spacial score (nSPS) is 19.3. The first-order chi connectivity index (χ1) is 15.7. The van der Waals surface area contributed by atoms with Crippen molar-refractivity contribution in [1.29, 1.82) is 0 Å². The van der Waals surface area contributed by atoms with E-state index in [1.807, 2.05) is 24.3 Å². The summed E-state index contributed by atoms with van der Waals surface area (Å²) in [5.41, 5.74) is 0.964. The zero-order valence-electron chi connectivity index (χ0n) is 19.4. The summed E-state index contributed by atoms with van der Waals surface area (Å²) in [5.74, 6) is -0.834. The van der Waals surface area contributed by atoms with Crippen molar-refractivity contribution in [2.45, 2.75) is 70.9 Å². The van der Waals surface area contributed by atoms with E-state index in [2.05, 4.69) is 79.8 Å². The van der Waals surface area contributed by atoms with Gasteiger partial charge in [0.2, 0.25) is 0 Å². The summed E-state index contributed by atoms with van der Waals surface area (Å²) in [6.07, 6.45) is 33.2. The molecule has 1 aromatic rings. The maximum atomic E-state index is 10.5. The molecule has 0 saturated carbocycles. The Morgan fingerprint density at radius 1 is 0.750 bits per heavy atom. The van der Waals surface area contributed by atoms with Crippen LogP contribution in [0.25, 0.3) is 0 Å². The van der Waals surface area contributed by atoms with Crippen molar-refractivity contribution in [3.05, 3.63) is 103 Å². The Hall–Kier alpha value is -2.62. The van der Waals surface area contributed by atoms with E-state index in [1.165, 1.54) is 0 Å². The maximum absolute atomic E-state index is 10.5. The van der Waals surface area contributed by atoms with Crippen LogP contribution in [0.2, 0.25) is 0 Å². The summed E-state index contributed by atoms with van der Waals surface area (Å²) in [5, 5.41) is 10.5. The molecule has 0 aromatic heterocycles. The second-order valence-corrected chi connectivity index (χ2v) is 7.67. The molecule has 0 amide bonds. The number of benzene rings is 1. The fraction of sp³-hybridized carbons (Fsp3) is 0.379. The Morgan fingerprint density at radius 2 is 1.25 bits per heavy atom. The van der Waals surface area contributed by atoms with E-state index < -0.39 is 5.97 Å². The average Bonchev–Trinajstić information content (AvgIpc) is 2.80. The number of fused-ring (bicyclic) bond motifs is 1. The SMILES string of the molecule is CCC=CCC=CCC=CCC=CCC=CCC=CCCC1(O)OCc2ccccc2O1. The molecule has 0 aliphatic carbocycles. The van der Waals surface area contributed by atoms with E-state index in [4.69, 9.17) is 9.47 Å². The van der Waals surface area contributed by atoms with Crippen LogP contribution < -0.4 is 4.74 Å². The highest BCUT2D eigenvalue weighted by molar-refractivity contribution is 5.34. The van der Waals surface area contributed by atoms with Gasteiger partial charge >= 0.3 is 5.97 Å². The molecule has 1 atom stereocenters. The first-order valence-electron chi connectivity index (χ1n) is 11.8. The summed E-state index contributed by atoms with van der Waals surface area (Å²) in [6.45, 7) is 2.53. The van der Waals surface area contributed by atoms with Gasteiger partial charge in [-0.1, -0.05) is 98.0 Å². The summed E-state index contributed by atoms with van der Waals surface area (Å²) in [7, 11) is 0. The van der Waals surface area contributed by atoms with Crippen molar-refractivity contribution in [2.75, 3.05) is 0 Å². The fourth-order valence-corrected chi connectivity index (χ4v) is 3.14. The molecule has 3 nitrogen and oxygen atoms in total. The quantitative estimate of drug-likeness (QED) is 0.305. The lowest BCUT2D eigenvalue weighted by Gasteiger charge is -2.33. The van der Waals surface area contributed by atoms with Gasteiger partial charge in [0.1, 0.15) is 5.75 Å². The highest BCUT2D eigenvalue weighted by atomic mass is 16.8. The Morgan fingerprint density at radius 3 is 1.81 bits per heavy atom. The van der Waals surface area contributed by atoms with Gasteiger partial charge in [-0.3, -0.25) is 0 Å². The zero-order chi connectivity index (χ0) is 22.7. The minimum atomic E-state index is -1.53. The standard InChI is InChI=1S/C29H38O3/c1-2-3-4-5-6-7-8-9-10-11-12-13-14-15-16-17-18-19-22-25-29(30)31-26-27-23-20-21-24-28(27)32-29/h3-4,6-7,9-10,12-13,15-16,18-21,23-24,30H,2,5,8,11,14,17,22,25-26H2,1H3. The van der Waals surface area contributed by atoms with Crippen LogP contribution in [0, 0.1) is 0 Å². The summed E-state index contributed by atoms with van der Waals surface area (Å²) in [4.78, 5) is 0. The van der Waals surface area contributed by atoms with Crippen LogP contribution in [0.5, 0.6) is 5.75 Å². The monoisotopic (exact) mass is 434 g/mol. The van der Waals surface area contributed by atoms with Gasteiger partial charge in [-0.2, -0.15) is 0 Å². The number of hydrogen-bond donors (Lipinski definition) is 1. The Bertz CT molecular complexity index is 813. The summed E-state index contributed by atoms with van der Waals surface area (Å²) < 4.78 is 11.1. The highest BCUT2D eigenvalue weighted by Gasteiger charge is 2.34. The van der Waals surface area contributed by atoms with Gasteiger partial charge in [-0.05, 0) is 51.0 Å². The van der Waals surface area contributed by atoms with Crippen LogP contribution in [0.15, 0.2) is 97.2 Å². The van der Waals surface area contributed by atoms with Gasteiger partial charge in [0.15, 0.2) is 0 Å². The minimum absolute atomic E-state index is 0.371. The van der Waals surface area contributed by atoms with E-state index in [1.54, 1.807) is 0 Å². The summed E-state index contributed by atoms with van der Waals surface area (Å²) in [6, 6.07) is 7.64. The van der Waals surface area contributed by atoms with Crippen molar-refractivity contribution in [3.63, 3.8) is 0 Å². The lowest BCUT2D eigenvalue weighted by Crippen LogP contribution is -2.41. The molecule has 1 aliphatic heterocycles. The lowest BCUT2D eigenvalue weighted by molar-refractivity contribution is -0.337. The number of allylic oxidation sites excluding steroid dienone is 12. The third-order valence-corrected chi connectivity index (χ3v) is 4.92. The largest absolute Gasteiger partial charge is 0.439 e. The van der Waals surface area contributed by atoms with Gasteiger partial charge < -0.3 is 14.6 Å². The van der Waals surface area contributed by atoms with Crippen molar-refractivity contribution in [2.24, 2.45) is 0 Å². The van der Waals surface area contributed by atoms with Gasteiger partial charge in [0.05, 0.1) is 6.61 Å². The van der Waals surface area contributed by atoms with Crippen LogP contribution in [0.4, 0.5) is 0 Å². The first kappa shape index (κ1) is 25.6. The smallest absolute Gasteiger partial charge is 0.325 e. The number of para-hydroxylation sites is 1. The second-order valence-electron chi connectivity index (χ2n) is 7.67. The van der Waals surface area contributed by atoms with Crippen LogP contribution in [0.3, 0.4) is 0 Å². The minimum Gasteiger partial charge on any atom is -0.439 e. The number of rotatable bonds is 14. The van der Waals surface area contributed by atoms with Crippen LogP contribution >= 0.6 is 0 Å². The molecule has 32 heavy (non-hydrogen) atoms. The predicted molar refractivity (Wildman–Crippen MR) is 134 cm³/mol. The number of aliphatic hydroxyl groups is 1. The van der Waals surface area contributed by atoms with Gasteiger partial charge in [-0.25, -0.2) is 0 Å². The topological polar surface area (TPSA) is 38.7 Å². The highest BCUT2D eigenvalue weighted by Crippen LogP contribution is 2.32. The van der Waals surface area contributed by atoms with Crippen molar-refractivity contribution < 1.29 is 14.6 Å². The fourth-order valence-electron chi connectivity index (χ4n) is 3.14. The maximum Gasteiger partial charge on any atom is 0.325 e. The predicted octanol–water partition coefficient (Wildman–Crippen LogP) is 7.72. The molecule has 3 heteroatoms. The first-order valence-corrected chi connectivity index (χ1v) is 11.8. The molecule has 1 unspecified atom stereocenters. The third kappa shape index (κ3) is 11.1. The third-order valence-electron chi connectivity index (χ3n) is 4.92. The molecule has 0 fully saturated rings. The van der Waals surface area contributed by atoms with E-state index >= 15 is 0 Å². The average molecular weight is 435 g/mol.